The largest absolute Gasteiger partial charge is 0.345 e. The summed E-state index contributed by atoms with van der Waals surface area (Å²) in [4.78, 5) is 26.4. The van der Waals surface area contributed by atoms with Crippen LogP contribution in [0, 0.1) is 6.92 Å². The van der Waals surface area contributed by atoms with Crippen molar-refractivity contribution in [3.05, 3.63) is 124 Å². The summed E-state index contributed by atoms with van der Waals surface area (Å²) in [5.41, 5.74) is 2.73. The highest BCUT2D eigenvalue weighted by atomic mass is 79.9. The maximum Gasteiger partial charge on any atom is 0.264 e. The molecule has 0 saturated heterocycles. The molecule has 0 heterocycles. The Morgan fingerprint density at radius 2 is 1.54 bits per heavy atom. The molecular weight excluding hydrogens is 578 g/mol. The number of para-hydroxylation sites is 1. The van der Waals surface area contributed by atoms with Gasteiger partial charge in [0, 0.05) is 4.47 Å². The third-order valence-electron chi connectivity index (χ3n) is 6.09. The van der Waals surface area contributed by atoms with Crippen LogP contribution in [-0.4, -0.2) is 26.8 Å². The molecule has 0 aromatic heterocycles. The average molecular weight is 607 g/mol. The Hall–Kier alpha value is -3.95. The van der Waals surface area contributed by atoms with Gasteiger partial charge in [-0.25, -0.2) is 8.42 Å². The van der Waals surface area contributed by atoms with E-state index in [2.05, 4.69) is 26.6 Å². The van der Waals surface area contributed by atoms with Gasteiger partial charge in [0.1, 0.15) is 6.54 Å². The predicted molar refractivity (Wildman–Crippen MR) is 157 cm³/mol. The molecule has 4 aromatic carbocycles. The number of halogens is 1. The zero-order valence-electron chi connectivity index (χ0n) is 21.5. The van der Waals surface area contributed by atoms with E-state index in [0.717, 1.165) is 15.4 Å². The molecule has 0 aliphatic heterocycles. The maximum absolute atomic E-state index is 13.6. The van der Waals surface area contributed by atoms with Crippen molar-refractivity contribution in [2.75, 3.05) is 16.2 Å². The molecular formula is C30H28BrN3O4S. The molecule has 0 unspecified atom stereocenters. The first-order valence-electron chi connectivity index (χ1n) is 12.2. The van der Waals surface area contributed by atoms with E-state index >= 15 is 0 Å². The van der Waals surface area contributed by atoms with E-state index in [9.17, 15) is 18.0 Å². The fourth-order valence-electron chi connectivity index (χ4n) is 3.99. The normalized spacial score (nSPS) is 11.9. The van der Waals surface area contributed by atoms with Crippen LogP contribution in [0.3, 0.4) is 0 Å². The highest BCUT2D eigenvalue weighted by Crippen LogP contribution is 2.27. The summed E-state index contributed by atoms with van der Waals surface area (Å²) in [6.07, 6.45) is 0. The number of sulfonamides is 1. The van der Waals surface area contributed by atoms with Gasteiger partial charge in [0.2, 0.25) is 5.91 Å². The molecule has 0 bridgehead atoms. The summed E-state index contributed by atoms with van der Waals surface area (Å²) in [5.74, 6) is -0.958. The molecule has 0 aliphatic rings. The van der Waals surface area contributed by atoms with Gasteiger partial charge in [-0.05, 0) is 61.9 Å². The van der Waals surface area contributed by atoms with Gasteiger partial charge < -0.3 is 10.6 Å². The number of benzene rings is 4. The molecule has 2 amide bonds. The summed E-state index contributed by atoms with van der Waals surface area (Å²) >= 11 is 3.38. The smallest absolute Gasteiger partial charge is 0.264 e. The topological polar surface area (TPSA) is 95.6 Å². The summed E-state index contributed by atoms with van der Waals surface area (Å²) in [5, 5.41) is 5.68. The van der Waals surface area contributed by atoms with Crippen LogP contribution in [0.1, 0.15) is 34.5 Å². The molecule has 1 atom stereocenters. The van der Waals surface area contributed by atoms with Crippen molar-refractivity contribution in [1.82, 2.24) is 5.32 Å². The van der Waals surface area contributed by atoms with Crippen molar-refractivity contribution in [3.63, 3.8) is 0 Å². The number of amides is 2. The van der Waals surface area contributed by atoms with E-state index in [1.165, 1.54) is 12.1 Å². The molecule has 0 aliphatic carbocycles. The zero-order chi connectivity index (χ0) is 28.0. The summed E-state index contributed by atoms with van der Waals surface area (Å²) < 4.78 is 29.0. The fraction of sp³-hybridized carbons (Fsp3) is 0.133. The second kappa shape index (κ2) is 12.3. The van der Waals surface area contributed by atoms with Crippen LogP contribution in [0.5, 0.6) is 0 Å². The van der Waals surface area contributed by atoms with Gasteiger partial charge in [0.15, 0.2) is 0 Å². The molecule has 0 fully saturated rings. The van der Waals surface area contributed by atoms with E-state index in [-0.39, 0.29) is 28.1 Å². The average Bonchev–Trinajstić information content (AvgIpc) is 2.92. The number of nitrogens with one attached hydrogen (secondary N) is 2. The van der Waals surface area contributed by atoms with Crippen LogP contribution in [0.15, 0.2) is 112 Å². The van der Waals surface area contributed by atoms with E-state index in [0.29, 0.717) is 10.2 Å². The number of rotatable bonds is 9. The first-order valence-corrected chi connectivity index (χ1v) is 14.5. The molecule has 0 saturated carbocycles. The molecule has 2 N–H and O–H groups in total. The Morgan fingerprint density at radius 3 is 2.23 bits per heavy atom. The molecule has 0 radical (unpaired) electrons. The second-order valence-electron chi connectivity index (χ2n) is 9.00. The Kier molecular flexibility index (Phi) is 8.83. The SMILES string of the molecule is Cc1ccc(S(=O)(=O)N(CC(=O)Nc2ccccc2C(=O)N[C@H](C)c2ccccc2)c2cccc(Br)c2)cc1. The Morgan fingerprint density at radius 1 is 0.872 bits per heavy atom. The molecule has 7 nitrogen and oxygen atoms in total. The van der Waals surface area contributed by atoms with Crippen molar-refractivity contribution in [2.24, 2.45) is 0 Å². The van der Waals surface area contributed by atoms with Gasteiger partial charge in [-0.1, -0.05) is 82.2 Å². The molecule has 4 rings (SSSR count). The number of carbonyl (C=O) groups excluding carboxylic acids is 2. The molecule has 200 valence electrons. The maximum atomic E-state index is 13.6. The van der Waals surface area contributed by atoms with Gasteiger partial charge in [0.25, 0.3) is 15.9 Å². The third kappa shape index (κ3) is 6.93. The summed E-state index contributed by atoms with van der Waals surface area (Å²) in [7, 11) is -4.08. The van der Waals surface area contributed by atoms with Crippen molar-refractivity contribution in [3.8, 4) is 0 Å². The van der Waals surface area contributed by atoms with Gasteiger partial charge in [-0.2, -0.15) is 0 Å². The van der Waals surface area contributed by atoms with Gasteiger partial charge in [-0.3, -0.25) is 13.9 Å². The van der Waals surface area contributed by atoms with Crippen LogP contribution < -0.4 is 14.9 Å². The minimum absolute atomic E-state index is 0.0653. The van der Waals surface area contributed by atoms with Gasteiger partial charge in [-0.15, -0.1) is 0 Å². The van der Waals surface area contributed by atoms with E-state index < -0.39 is 22.5 Å². The van der Waals surface area contributed by atoms with Crippen molar-refractivity contribution < 1.29 is 18.0 Å². The lowest BCUT2D eigenvalue weighted by atomic mass is 10.1. The number of nitrogens with zero attached hydrogens (tertiary/aromatic N) is 1. The lowest BCUT2D eigenvalue weighted by Crippen LogP contribution is -2.38. The number of hydrogen-bond acceptors (Lipinski definition) is 4. The van der Waals surface area contributed by atoms with Crippen LogP contribution in [0.4, 0.5) is 11.4 Å². The second-order valence-corrected chi connectivity index (χ2v) is 11.8. The van der Waals surface area contributed by atoms with Gasteiger partial charge in [0.05, 0.1) is 27.9 Å². The third-order valence-corrected chi connectivity index (χ3v) is 8.37. The minimum Gasteiger partial charge on any atom is -0.345 e. The first kappa shape index (κ1) is 28.1. The lowest BCUT2D eigenvalue weighted by Gasteiger charge is -2.24. The Bertz CT molecular complexity index is 1580. The van der Waals surface area contributed by atoms with Crippen molar-refractivity contribution in [1.29, 1.82) is 0 Å². The number of aryl methyl sites for hydroxylation is 1. The Labute approximate surface area is 237 Å². The molecule has 0 spiro atoms. The summed E-state index contributed by atoms with van der Waals surface area (Å²) in [6.45, 7) is 3.24. The van der Waals surface area contributed by atoms with Crippen LogP contribution in [0.2, 0.25) is 0 Å². The lowest BCUT2D eigenvalue weighted by molar-refractivity contribution is -0.114. The standard InChI is InChI=1S/C30H28BrN3O4S/c1-21-15-17-26(18-16-21)39(37,38)34(25-12-8-11-24(31)19-25)20-29(35)33-28-14-7-6-13-27(28)30(36)32-22(2)23-9-4-3-5-10-23/h3-19,22H,20H2,1-2H3,(H,32,36)(H,33,35)/t22-/m1/s1. The predicted octanol–water partition coefficient (Wildman–Crippen LogP) is 6.08. The van der Waals surface area contributed by atoms with E-state index in [1.807, 2.05) is 44.2 Å². The number of anilines is 2. The molecule has 39 heavy (non-hydrogen) atoms. The van der Waals surface area contributed by atoms with Crippen LogP contribution in [-0.2, 0) is 14.8 Å². The van der Waals surface area contributed by atoms with E-state index in [1.54, 1.807) is 60.7 Å². The number of carbonyl (C=O) groups is 2. The monoisotopic (exact) mass is 605 g/mol. The zero-order valence-corrected chi connectivity index (χ0v) is 23.9. The van der Waals surface area contributed by atoms with Crippen LogP contribution in [0.25, 0.3) is 0 Å². The fourth-order valence-corrected chi connectivity index (χ4v) is 5.79. The van der Waals surface area contributed by atoms with E-state index in [4.69, 9.17) is 0 Å². The molecule has 9 heteroatoms. The highest BCUT2D eigenvalue weighted by Gasteiger charge is 2.28. The summed E-state index contributed by atoms with van der Waals surface area (Å²) in [6, 6.07) is 29.1. The Balaban J connectivity index is 1.58. The quantitative estimate of drug-likeness (QED) is 0.241. The highest BCUT2D eigenvalue weighted by molar-refractivity contribution is 9.10. The minimum atomic E-state index is -4.08. The van der Waals surface area contributed by atoms with Gasteiger partial charge >= 0.3 is 0 Å². The molecule has 4 aromatic rings. The van der Waals surface area contributed by atoms with Crippen molar-refractivity contribution in [2.45, 2.75) is 24.8 Å². The van der Waals surface area contributed by atoms with Crippen LogP contribution >= 0.6 is 15.9 Å². The first-order chi connectivity index (χ1) is 18.6. The number of hydrogen-bond donors (Lipinski definition) is 2. The van der Waals surface area contributed by atoms with Crippen molar-refractivity contribution >= 4 is 49.1 Å².